The fourth-order valence-electron chi connectivity index (χ4n) is 8.49. The van der Waals surface area contributed by atoms with E-state index in [1.807, 2.05) is 27.7 Å². The number of aliphatic hydroxyl groups excluding tert-OH is 2. The Labute approximate surface area is 218 Å². The van der Waals surface area contributed by atoms with Crippen molar-refractivity contribution in [2.75, 3.05) is 0 Å². The molecule has 0 saturated heterocycles. The van der Waals surface area contributed by atoms with Crippen LogP contribution in [0.25, 0.3) is 0 Å². The first-order valence-corrected chi connectivity index (χ1v) is 13.6. The first kappa shape index (κ1) is 26.3. The van der Waals surface area contributed by atoms with Gasteiger partial charge in [0, 0.05) is 23.0 Å². The largest absolute Gasteiger partial charge is 0.508 e. The lowest BCUT2D eigenvalue weighted by Gasteiger charge is -2.64. The van der Waals surface area contributed by atoms with Gasteiger partial charge in [-0.1, -0.05) is 41.5 Å². The molecule has 37 heavy (non-hydrogen) atoms. The molecule has 1 aromatic rings. The summed E-state index contributed by atoms with van der Waals surface area (Å²) in [5.41, 5.74) is -0.166. The maximum absolute atomic E-state index is 13.4. The summed E-state index contributed by atoms with van der Waals surface area (Å²) in [7, 11) is 0. The molecule has 204 valence electrons. The molecule has 4 N–H and O–H groups in total. The van der Waals surface area contributed by atoms with E-state index < -0.39 is 46.6 Å². The number of fused-ring (bicyclic) bond motifs is 5. The molecule has 2 heterocycles. The Kier molecular flexibility index (Phi) is 5.93. The number of benzene rings is 1. The van der Waals surface area contributed by atoms with E-state index in [1.165, 1.54) is 11.0 Å². The zero-order chi connectivity index (χ0) is 27.2. The highest BCUT2D eigenvalue weighted by Crippen LogP contribution is 2.67. The van der Waals surface area contributed by atoms with Gasteiger partial charge in [0.25, 0.3) is 5.91 Å². The lowest BCUT2D eigenvalue weighted by Crippen LogP contribution is -2.69. The van der Waals surface area contributed by atoms with Crippen LogP contribution in [0.15, 0.2) is 6.07 Å². The second-order valence-electron chi connectivity index (χ2n) is 13.3. The maximum atomic E-state index is 13.4. The molecule has 0 bridgehead atoms. The van der Waals surface area contributed by atoms with Crippen molar-refractivity contribution >= 4 is 11.9 Å². The van der Waals surface area contributed by atoms with E-state index in [4.69, 9.17) is 4.74 Å². The SMILES string of the molecule is CC(C)CC(C(=O)O)N1Cc2c(cc(O)c3c2OC2(C3)C(C)CCC3C(C)(C)C(O)C(O)CC32C)C1=O. The summed E-state index contributed by atoms with van der Waals surface area (Å²) in [5, 5.41) is 42.9. The van der Waals surface area contributed by atoms with Crippen molar-refractivity contribution in [1.29, 1.82) is 0 Å². The summed E-state index contributed by atoms with van der Waals surface area (Å²) >= 11 is 0. The predicted molar refractivity (Wildman–Crippen MR) is 136 cm³/mol. The molecule has 8 heteroatoms. The summed E-state index contributed by atoms with van der Waals surface area (Å²) in [4.78, 5) is 26.9. The number of aliphatic carboxylic acids is 1. The first-order chi connectivity index (χ1) is 17.2. The highest BCUT2D eigenvalue weighted by Gasteiger charge is 2.69. The standard InChI is InChI=1S/C29H41NO7/c1-14(2)9-19(26(35)36)30-13-18-16(25(30)34)10-20(31)17-11-29(37-23(17)18)15(3)7-8-22-27(4,5)24(33)21(32)12-28(22,29)6/h10,14-15,19,21-22,24,31-33H,7-9,11-13H2,1-6H3,(H,35,36). The normalized spacial score (nSPS) is 36.8. The maximum Gasteiger partial charge on any atom is 0.326 e. The second kappa shape index (κ2) is 8.34. The van der Waals surface area contributed by atoms with Gasteiger partial charge in [-0.05, 0) is 54.9 Å². The second-order valence-corrected chi connectivity index (χ2v) is 13.3. The van der Waals surface area contributed by atoms with Gasteiger partial charge in [-0.2, -0.15) is 0 Å². The molecule has 2 fully saturated rings. The van der Waals surface area contributed by atoms with Crippen molar-refractivity contribution in [3.8, 4) is 11.5 Å². The van der Waals surface area contributed by atoms with E-state index in [0.29, 0.717) is 41.7 Å². The summed E-state index contributed by atoms with van der Waals surface area (Å²) in [6.45, 7) is 12.3. The first-order valence-electron chi connectivity index (χ1n) is 13.6. The number of hydrogen-bond donors (Lipinski definition) is 4. The van der Waals surface area contributed by atoms with E-state index in [9.17, 15) is 30.0 Å². The third-order valence-electron chi connectivity index (χ3n) is 10.4. The van der Waals surface area contributed by atoms with E-state index in [-0.39, 0.29) is 30.0 Å². The van der Waals surface area contributed by atoms with Gasteiger partial charge in [-0.25, -0.2) is 4.79 Å². The number of rotatable bonds is 4. The van der Waals surface area contributed by atoms with E-state index >= 15 is 0 Å². The number of carboxylic acid groups (broad SMARTS) is 1. The number of carbonyl (C=O) groups excluding carboxylic acids is 1. The Balaban J connectivity index is 1.58. The van der Waals surface area contributed by atoms with Crippen molar-refractivity contribution in [3.63, 3.8) is 0 Å². The Morgan fingerprint density at radius 3 is 2.49 bits per heavy atom. The van der Waals surface area contributed by atoms with E-state index in [2.05, 4.69) is 13.8 Å². The van der Waals surface area contributed by atoms with Gasteiger partial charge in [0.05, 0.1) is 24.3 Å². The fourth-order valence-corrected chi connectivity index (χ4v) is 8.49. The number of carboxylic acids is 1. The number of phenols is 1. The zero-order valence-electron chi connectivity index (χ0n) is 22.7. The molecule has 1 spiro atoms. The molecular weight excluding hydrogens is 474 g/mol. The number of carbonyl (C=O) groups is 2. The average Bonchev–Trinajstić information content (AvgIpc) is 3.35. The number of aromatic hydroxyl groups is 1. The van der Waals surface area contributed by atoms with Gasteiger partial charge in [-0.3, -0.25) is 4.79 Å². The van der Waals surface area contributed by atoms with Crippen LogP contribution < -0.4 is 4.74 Å². The van der Waals surface area contributed by atoms with Crippen LogP contribution in [0.1, 0.15) is 88.7 Å². The van der Waals surface area contributed by atoms with Crippen molar-refractivity contribution in [2.45, 2.75) is 104 Å². The molecule has 4 aliphatic rings. The molecule has 7 atom stereocenters. The summed E-state index contributed by atoms with van der Waals surface area (Å²) in [5.74, 6) is -0.676. The quantitative estimate of drug-likeness (QED) is 0.481. The van der Waals surface area contributed by atoms with Crippen molar-refractivity contribution < 1.29 is 34.8 Å². The average molecular weight is 516 g/mol. The third kappa shape index (κ3) is 3.47. The predicted octanol–water partition coefficient (Wildman–Crippen LogP) is 3.73. The Morgan fingerprint density at radius 2 is 1.86 bits per heavy atom. The molecule has 2 aliphatic heterocycles. The number of ether oxygens (including phenoxy) is 1. The minimum atomic E-state index is -1.04. The number of hydrogen-bond acceptors (Lipinski definition) is 6. The number of nitrogens with zero attached hydrogens (tertiary/aromatic N) is 1. The van der Waals surface area contributed by atoms with Gasteiger partial charge >= 0.3 is 5.97 Å². The van der Waals surface area contributed by atoms with E-state index in [1.54, 1.807) is 0 Å². The lowest BCUT2D eigenvalue weighted by atomic mass is 9.43. The van der Waals surface area contributed by atoms with Gasteiger partial charge in [-0.15, -0.1) is 0 Å². The van der Waals surface area contributed by atoms with Crippen molar-refractivity contribution in [3.05, 3.63) is 22.8 Å². The van der Waals surface area contributed by atoms with Crippen LogP contribution in [0.4, 0.5) is 0 Å². The van der Waals surface area contributed by atoms with Crippen molar-refractivity contribution in [2.24, 2.45) is 28.6 Å². The molecular formula is C29H41NO7. The molecule has 1 amide bonds. The van der Waals surface area contributed by atoms with Crippen LogP contribution >= 0.6 is 0 Å². The highest BCUT2D eigenvalue weighted by atomic mass is 16.5. The minimum Gasteiger partial charge on any atom is -0.508 e. The Morgan fingerprint density at radius 1 is 1.19 bits per heavy atom. The van der Waals surface area contributed by atoms with Crippen LogP contribution in [-0.4, -0.2) is 61.1 Å². The molecule has 8 nitrogen and oxygen atoms in total. The van der Waals surface area contributed by atoms with Gasteiger partial charge < -0.3 is 30.1 Å². The van der Waals surface area contributed by atoms with Crippen LogP contribution in [0, 0.1) is 28.6 Å². The van der Waals surface area contributed by atoms with Crippen LogP contribution in [-0.2, 0) is 17.8 Å². The van der Waals surface area contributed by atoms with E-state index in [0.717, 1.165) is 12.8 Å². The van der Waals surface area contributed by atoms with Crippen molar-refractivity contribution in [1.82, 2.24) is 4.90 Å². The van der Waals surface area contributed by atoms with Gasteiger partial charge in [0.2, 0.25) is 0 Å². The number of aliphatic hydroxyl groups is 2. The number of phenolic OH excluding ortho intramolecular Hbond substituents is 1. The summed E-state index contributed by atoms with van der Waals surface area (Å²) in [6, 6.07) is 0.517. The fraction of sp³-hybridized carbons (Fsp3) is 0.724. The minimum absolute atomic E-state index is 0.00913. The number of amides is 1. The molecule has 0 radical (unpaired) electrons. The van der Waals surface area contributed by atoms with Crippen LogP contribution in [0.3, 0.4) is 0 Å². The molecule has 5 rings (SSSR count). The lowest BCUT2D eigenvalue weighted by molar-refractivity contribution is -0.240. The zero-order valence-corrected chi connectivity index (χ0v) is 22.7. The third-order valence-corrected chi connectivity index (χ3v) is 10.4. The smallest absolute Gasteiger partial charge is 0.326 e. The van der Waals surface area contributed by atoms with Crippen LogP contribution in [0.5, 0.6) is 11.5 Å². The topological polar surface area (TPSA) is 128 Å². The summed E-state index contributed by atoms with van der Waals surface area (Å²) in [6.07, 6.45) is 1.21. The molecule has 2 aliphatic carbocycles. The summed E-state index contributed by atoms with van der Waals surface area (Å²) < 4.78 is 6.96. The molecule has 0 aromatic heterocycles. The monoisotopic (exact) mass is 515 g/mol. The molecule has 7 unspecified atom stereocenters. The molecule has 1 aromatic carbocycles. The Hall–Kier alpha value is -2.32. The van der Waals surface area contributed by atoms with Gasteiger partial charge in [0.1, 0.15) is 23.1 Å². The van der Waals surface area contributed by atoms with Gasteiger partial charge in [0.15, 0.2) is 0 Å². The highest BCUT2D eigenvalue weighted by molar-refractivity contribution is 6.02. The van der Waals surface area contributed by atoms with Crippen LogP contribution in [0.2, 0.25) is 0 Å². The Bertz CT molecular complexity index is 1150. The molecule has 2 saturated carbocycles.